The third kappa shape index (κ3) is 4.10. The fraction of sp³-hybridized carbons (Fsp3) is 0.240. The second kappa shape index (κ2) is 8.30. The van der Waals surface area contributed by atoms with Crippen LogP contribution in [0, 0.1) is 16.7 Å². The van der Waals surface area contributed by atoms with E-state index in [2.05, 4.69) is 11.1 Å². The molecule has 0 spiro atoms. The lowest BCUT2D eigenvalue weighted by Gasteiger charge is -2.29. The molecule has 1 aromatic heterocycles. The zero-order chi connectivity index (χ0) is 23.9. The summed E-state index contributed by atoms with van der Waals surface area (Å²) in [6, 6.07) is 16.4. The average molecular weight is 461 g/mol. The van der Waals surface area contributed by atoms with Gasteiger partial charge in [-0.05, 0) is 41.5 Å². The van der Waals surface area contributed by atoms with Crippen LogP contribution in [0.2, 0.25) is 0 Å². The minimum absolute atomic E-state index is 0.0694. The van der Waals surface area contributed by atoms with Crippen molar-refractivity contribution >= 4 is 11.8 Å². The van der Waals surface area contributed by atoms with Crippen LogP contribution in [0.4, 0.5) is 14.6 Å². The standard InChI is InChI=1S/C25H21F2N5O2/c26-25(27)6-7-32(14-25)23-10-19-20(13-33-24(29)30)18-9-17(16-3-1-2-15(8-16)11-28)4-5-21(18)34-22(19)12-31-23/h1-5,8-10,12,20H,6-7,13-14H2,(H3,29,30). The van der Waals surface area contributed by atoms with Gasteiger partial charge in [-0.2, -0.15) is 5.26 Å². The van der Waals surface area contributed by atoms with E-state index in [0.29, 0.717) is 22.9 Å². The van der Waals surface area contributed by atoms with Crippen molar-refractivity contribution in [2.45, 2.75) is 18.3 Å². The number of nitrogens with one attached hydrogen (secondary N) is 1. The molecule has 3 N–H and O–H groups in total. The van der Waals surface area contributed by atoms with Crippen molar-refractivity contribution in [3.8, 4) is 28.7 Å². The fourth-order valence-corrected chi connectivity index (χ4v) is 4.41. The molecule has 0 radical (unpaired) electrons. The van der Waals surface area contributed by atoms with Crippen molar-refractivity contribution < 1.29 is 18.3 Å². The quantitative estimate of drug-likeness (QED) is 0.434. The van der Waals surface area contributed by atoms with Gasteiger partial charge in [-0.3, -0.25) is 5.41 Å². The van der Waals surface area contributed by atoms with Gasteiger partial charge in [0.25, 0.3) is 11.9 Å². The van der Waals surface area contributed by atoms with Crippen LogP contribution in [0.3, 0.4) is 0 Å². The van der Waals surface area contributed by atoms with E-state index in [1.807, 2.05) is 30.3 Å². The van der Waals surface area contributed by atoms with Crippen molar-refractivity contribution in [3.63, 3.8) is 0 Å². The summed E-state index contributed by atoms with van der Waals surface area (Å²) in [6.07, 6.45) is 1.32. The molecule has 0 saturated carbocycles. The van der Waals surface area contributed by atoms with E-state index >= 15 is 0 Å². The Morgan fingerprint density at radius 2 is 2.00 bits per heavy atom. The molecule has 172 valence electrons. The van der Waals surface area contributed by atoms with E-state index in [1.54, 1.807) is 23.1 Å². The lowest BCUT2D eigenvalue weighted by molar-refractivity contribution is 0.0256. The SMILES string of the molecule is N#Cc1cccc(-c2ccc3c(c2)C(COC(=N)N)c2cc(N4CCC(F)(F)C4)ncc2O3)c1. The number of alkyl halides is 2. The first-order chi connectivity index (χ1) is 16.3. The molecule has 2 aromatic carbocycles. The van der Waals surface area contributed by atoms with E-state index in [9.17, 15) is 14.0 Å². The maximum atomic E-state index is 13.8. The normalized spacial score (nSPS) is 17.8. The van der Waals surface area contributed by atoms with Crippen molar-refractivity contribution in [1.82, 2.24) is 4.98 Å². The van der Waals surface area contributed by atoms with Crippen LogP contribution in [0.15, 0.2) is 54.7 Å². The second-order valence-electron chi connectivity index (χ2n) is 8.38. The number of benzene rings is 2. The van der Waals surface area contributed by atoms with E-state index < -0.39 is 11.9 Å². The van der Waals surface area contributed by atoms with E-state index in [1.165, 1.54) is 6.20 Å². The minimum Gasteiger partial charge on any atom is -0.465 e. The van der Waals surface area contributed by atoms with E-state index in [4.69, 9.17) is 20.6 Å². The molecule has 3 aromatic rings. The Balaban J connectivity index is 1.56. The largest absolute Gasteiger partial charge is 0.465 e. The molecule has 0 bridgehead atoms. The molecule has 3 heterocycles. The monoisotopic (exact) mass is 461 g/mol. The summed E-state index contributed by atoms with van der Waals surface area (Å²) in [5, 5.41) is 16.8. The number of rotatable bonds is 4. The molecule has 7 nitrogen and oxygen atoms in total. The number of pyridine rings is 1. The van der Waals surface area contributed by atoms with Gasteiger partial charge in [-0.1, -0.05) is 18.2 Å². The number of nitriles is 1. The molecule has 0 aliphatic carbocycles. The van der Waals surface area contributed by atoms with Gasteiger partial charge in [0.1, 0.15) is 23.9 Å². The Morgan fingerprint density at radius 3 is 2.74 bits per heavy atom. The summed E-state index contributed by atoms with van der Waals surface area (Å²) in [5.41, 5.74) is 9.28. The van der Waals surface area contributed by atoms with Gasteiger partial charge in [-0.15, -0.1) is 0 Å². The number of fused-ring (bicyclic) bond motifs is 2. The van der Waals surface area contributed by atoms with E-state index in [-0.39, 0.29) is 32.0 Å². The summed E-state index contributed by atoms with van der Waals surface area (Å²) in [4.78, 5) is 5.91. The third-order valence-corrected chi connectivity index (χ3v) is 6.09. The average Bonchev–Trinajstić information content (AvgIpc) is 3.20. The Morgan fingerprint density at radius 1 is 1.21 bits per heavy atom. The van der Waals surface area contributed by atoms with Crippen LogP contribution in [0.5, 0.6) is 11.5 Å². The van der Waals surface area contributed by atoms with Gasteiger partial charge in [0.15, 0.2) is 0 Å². The summed E-state index contributed by atoms with van der Waals surface area (Å²) in [5.74, 6) is -1.57. The first-order valence-corrected chi connectivity index (χ1v) is 10.7. The number of nitrogens with two attached hydrogens (primary N) is 1. The first kappa shape index (κ1) is 21.6. The smallest absolute Gasteiger partial charge is 0.279 e. The number of aromatic nitrogens is 1. The highest BCUT2D eigenvalue weighted by atomic mass is 19.3. The summed E-state index contributed by atoms with van der Waals surface area (Å²) < 4.78 is 39.1. The Kier molecular flexibility index (Phi) is 5.28. The Hall–Kier alpha value is -4.19. The van der Waals surface area contributed by atoms with Crippen LogP contribution < -0.4 is 15.4 Å². The number of halogens is 2. The van der Waals surface area contributed by atoms with Crippen molar-refractivity contribution in [3.05, 3.63) is 71.4 Å². The molecule has 34 heavy (non-hydrogen) atoms. The van der Waals surface area contributed by atoms with Gasteiger partial charge >= 0.3 is 0 Å². The Bertz CT molecular complexity index is 1320. The molecular weight excluding hydrogens is 440 g/mol. The highest BCUT2D eigenvalue weighted by molar-refractivity contribution is 5.70. The van der Waals surface area contributed by atoms with Crippen LogP contribution in [-0.2, 0) is 4.74 Å². The van der Waals surface area contributed by atoms with Gasteiger partial charge in [0, 0.05) is 24.1 Å². The summed E-state index contributed by atoms with van der Waals surface area (Å²) >= 11 is 0. The zero-order valence-electron chi connectivity index (χ0n) is 18.1. The number of hydrogen-bond acceptors (Lipinski definition) is 6. The summed E-state index contributed by atoms with van der Waals surface area (Å²) in [7, 11) is 0. The highest BCUT2D eigenvalue weighted by Gasteiger charge is 2.39. The molecule has 1 fully saturated rings. The zero-order valence-corrected chi connectivity index (χ0v) is 18.1. The van der Waals surface area contributed by atoms with E-state index in [0.717, 1.165) is 22.3 Å². The summed E-state index contributed by atoms with van der Waals surface area (Å²) in [6.45, 7) is -0.103. The van der Waals surface area contributed by atoms with Crippen molar-refractivity contribution in [1.29, 1.82) is 10.7 Å². The van der Waals surface area contributed by atoms with Gasteiger partial charge < -0.3 is 20.1 Å². The maximum absolute atomic E-state index is 13.8. The lowest BCUT2D eigenvalue weighted by atomic mass is 9.87. The lowest BCUT2D eigenvalue weighted by Crippen LogP contribution is -2.26. The van der Waals surface area contributed by atoms with Gasteiger partial charge in [0.2, 0.25) is 0 Å². The van der Waals surface area contributed by atoms with Crippen LogP contribution in [-0.4, -0.2) is 36.6 Å². The number of ether oxygens (including phenoxy) is 2. The number of hydrogen-bond donors (Lipinski definition) is 2. The van der Waals surface area contributed by atoms with Crippen LogP contribution >= 0.6 is 0 Å². The molecule has 1 atom stereocenters. The highest BCUT2D eigenvalue weighted by Crippen LogP contribution is 2.46. The Labute approximate surface area is 194 Å². The number of nitrogens with zero attached hydrogens (tertiary/aromatic N) is 3. The van der Waals surface area contributed by atoms with Crippen molar-refractivity contribution in [2.24, 2.45) is 5.73 Å². The molecule has 2 aliphatic rings. The minimum atomic E-state index is -2.75. The number of amidine groups is 1. The molecule has 5 rings (SSSR count). The predicted octanol–water partition coefficient (Wildman–Crippen LogP) is 4.61. The fourth-order valence-electron chi connectivity index (χ4n) is 4.41. The molecule has 0 amide bonds. The maximum Gasteiger partial charge on any atom is 0.279 e. The van der Waals surface area contributed by atoms with Crippen molar-refractivity contribution in [2.75, 3.05) is 24.6 Å². The first-order valence-electron chi connectivity index (χ1n) is 10.7. The van der Waals surface area contributed by atoms with Crippen LogP contribution in [0.25, 0.3) is 11.1 Å². The molecular formula is C25H21F2N5O2. The molecule has 2 aliphatic heterocycles. The van der Waals surface area contributed by atoms with Crippen LogP contribution in [0.1, 0.15) is 29.0 Å². The molecule has 9 heteroatoms. The van der Waals surface area contributed by atoms with Gasteiger partial charge in [-0.25, -0.2) is 13.8 Å². The third-order valence-electron chi connectivity index (χ3n) is 6.09. The molecule has 1 unspecified atom stereocenters. The number of anilines is 1. The van der Waals surface area contributed by atoms with Gasteiger partial charge in [0.05, 0.1) is 30.3 Å². The molecule has 1 saturated heterocycles. The second-order valence-corrected chi connectivity index (χ2v) is 8.38. The topological polar surface area (TPSA) is 108 Å². The predicted molar refractivity (Wildman–Crippen MR) is 122 cm³/mol.